The van der Waals surface area contributed by atoms with Gasteiger partial charge in [-0.2, -0.15) is 0 Å². The molecule has 36 heavy (non-hydrogen) atoms. The third-order valence-corrected chi connectivity index (χ3v) is 9.65. The molecule has 2 aromatic carbocycles. The summed E-state index contributed by atoms with van der Waals surface area (Å²) in [6.45, 7) is 4.45. The second-order valence-corrected chi connectivity index (χ2v) is 12.1. The molecule has 0 bridgehead atoms. The Kier molecular flexibility index (Phi) is 6.84. The van der Waals surface area contributed by atoms with Crippen molar-refractivity contribution in [3.8, 4) is 16.9 Å². The van der Waals surface area contributed by atoms with Crippen LogP contribution < -0.4 is 4.74 Å². The number of rotatable bonds is 7. The lowest BCUT2D eigenvalue weighted by Crippen LogP contribution is -2.12. The predicted octanol–water partition coefficient (Wildman–Crippen LogP) is 8.93. The molecule has 0 aliphatic heterocycles. The molecular weight excluding hydrogens is 460 g/mol. The monoisotopic (exact) mass is 496 g/mol. The summed E-state index contributed by atoms with van der Waals surface area (Å²) in [5, 5.41) is 2.15. The minimum atomic E-state index is 0.0339. The van der Waals surface area contributed by atoms with Crippen molar-refractivity contribution < 1.29 is 9.53 Å². The summed E-state index contributed by atoms with van der Waals surface area (Å²) in [6.07, 6.45) is 10.6. The fourth-order valence-corrected chi connectivity index (χ4v) is 7.29. The Morgan fingerprint density at radius 3 is 2.61 bits per heavy atom. The van der Waals surface area contributed by atoms with Crippen LogP contribution in [-0.2, 0) is 4.79 Å². The van der Waals surface area contributed by atoms with Gasteiger partial charge in [0.25, 0.3) is 0 Å². The number of carbonyl (C=O) groups is 1. The van der Waals surface area contributed by atoms with Crippen molar-refractivity contribution >= 4 is 22.7 Å². The fraction of sp³-hybridized carbons (Fsp3) is 0.424. The van der Waals surface area contributed by atoms with Crippen LogP contribution in [0.5, 0.6) is 5.75 Å². The van der Waals surface area contributed by atoms with E-state index in [4.69, 9.17) is 4.74 Å². The topological polar surface area (TPSA) is 26.3 Å². The highest BCUT2D eigenvalue weighted by Gasteiger charge is 2.38. The Labute approximate surface area is 219 Å². The van der Waals surface area contributed by atoms with E-state index in [9.17, 15) is 4.79 Å². The zero-order valence-electron chi connectivity index (χ0n) is 21.0. The molecule has 6 rings (SSSR count). The molecule has 1 aromatic heterocycles. The van der Waals surface area contributed by atoms with Gasteiger partial charge in [0, 0.05) is 22.8 Å². The molecule has 0 spiro atoms. The summed E-state index contributed by atoms with van der Waals surface area (Å²) >= 11 is 1.81. The van der Waals surface area contributed by atoms with Crippen molar-refractivity contribution in [3.63, 3.8) is 0 Å². The fourth-order valence-electron chi connectivity index (χ4n) is 6.51. The molecule has 1 heterocycles. The lowest BCUT2D eigenvalue weighted by atomic mass is 9.83. The smallest absolute Gasteiger partial charge is 0.140 e. The van der Waals surface area contributed by atoms with Gasteiger partial charge >= 0.3 is 0 Å². The number of para-hydroxylation sites is 1. The van der Waals surface area contributed by atoms with E-state index in [1.807, 2.05) is 17.4 Å². The van der Waals surface area contributed by atoms with E-state index in [-0.39, 0.29) is 5.92 Å². The molecular formula is C33H36O2S. The van der Waals surface area contributed by atoms with Crippen LogP contribution in [0, 0.1) is 17.8 Å². The van der Waals surface area contributed by atoms with Crippen LogP contribution in [-0.4, -0.2) is 11.9 Å². The molecule has 186 valence electrons. The maximum absolute atomic E-state index is 13.3. The van der Waals surface area contributed by atoms with Gasteiger partial charge in [0.2, 0.25) is 0 Å². The second-order valence-electron chi connectivity index (χ2n) is 11.1. The Balaban J connectivity index is 1.14. The number of benzene rings is 2. The number of ether oxygens (including phenoxy) is 1. The van der Waals surface area contributed by atoms with E-state index in [0.29, 0.717) is 29.6 Å². The highest BCUT2D eigenvalue weighted by atomic mass is 32.1. The molecule has 3 aliphatic rings. The first-order valence-corrected chi connectivity index (χ1v) is 14.6. The minimum Gasteiger partial charge on any atom is -0.490 e. The van der Waals surface area contributed by atoms with Gasteiger partial charge in [0.05, 0.1) is 6.10 Å². The summed E-state index contributed by atoms with van der Waals surface area (Å²) in [5.74, 6) is 3.21. The summed E-state index contributed by atoms with van der Waals surface area (Å²) in [6, 6.07) is 21.3. The minimum absolute atomic E-state index is 0.0339. The van der Waals surface area contributed by atoms with Crippen molar-refractivity contribution in [2.75, 3.05) is 0 Å². The zero-order chi connectivity index (χ0) is 24.5. The molecule has 4 unspecified atom stereocenters. The maximum Gasteiger partial charge on any atom is 0.140 e. The standard InChI is InChI=1S/C33H36O2S/c1-22(33-13-6-18-36-33)23-7-4-8-24(15-14-23)27-20-30(31(34)21-27)26-10-5-9-25(19-26)29-11-2-3-12-32(29)35-28-16-17-28/h2-3,5-6,9-13,18-19,23-24,27-28,30H,1,4,7-8,14-17,20-21H2. The quantitative estimate of drug-likeness (QED) is 0.305. The SMILES string of the molecule is C=C(c1cccs1)C1CCCC(C2CC(=O)C(c3cccc(-c4ccccc4OC4CC4)c3)C2)CC1. The van der Waals surface area contributed by atoms with Crippen LogP contribution in [0.3, 0.4) is 0 Å². The van der Waals surface area contributed by atoms with Crippen molar-refractivity contribution in [1.29, 1.82) is 0 Å². The van der Waals surface area contributed by atoms with Gasteiger partial charge in [-0.1, -0.05) is 68.0 Å². The van der Waals surface area contributed by atoms with Gasteiger partial charge in [-0.05, 0) is 90.5 Å². The average molecular weight is 497 g/mol. The molecule has 0 radical (unpaired) electrons. The first-order valence-electron chi connectivity index (χ1n) is 13.8. The first-order chi connectivity index (χ1) is 17.7. The Morgan fingerprint density at radius 2 is 1.78 bits per heavy atom. The third-order valence-electron chi connectivity index (χ3n) is 8.71. The predicted molar refractivity (Wildman–Crippen MR) is 149 cm³/mol. The van der Waals surface area contributed by atoms with Crippen molar-refractivity contribution in [3.05, 3.63) is 83.1 Å². The second kappa shape index (κ2) is 10.4. The largest absolute Gasteiger partial charge is 0.490 e. The Bertz CT molecular complexity index is 1220. The van der Waals surface area contributed by atoms with Gasteiger partial charge in [-0.3, -0.25) is 4.79 Å². The molecule has 0 amide bonds. The summed E-state index contributed by atoms with van der Waals surface area (Å²) in [5.41, 5.74) is 4.80. The normalized spacial score (nSPS) is 26.5. The van der Waals surface area contributed by atoms with Crippen molar-refractivity contribution in [2.45, 2.75) is 69.8 Å². The molecule has 0 saturated heterocycles. The van der Waals surface area contributed by atoms with Crippen LogP contribution in [0.4, 0.5) is 0 Å². The van der Waals surface area contributed by atoms with E-state index in [0.717, 1.165) is 42.6 Å². The molecule has 3 aromatic rings. The molecule has 3 fully saturated rings. The number of ketones is 1. The highest BCUT2D eigenvalue weighted by molar-refractivity contribution is 7.11. The molecule has 3 heteroatoms. The number of thiophene rings is 1. The van der Waals surface area contributed by atoms with E-state index in [1.165, 1.54) is 48.1 Å². The number of allylic oxidation sites excluding steroid dienone is 1. The van der Waals surface area contributed by atoms with Crippen molar-refractivity contribution in [2.24, 2.45) is 17.8 Å². The zero-order valence-corrected chi connectivity index (χ0v) is 21.8. The van der Waals surface area contributed by atoms with Gasteiger partial charge in [0.15, 0.2) is 0 Å². The van der Waals surface area contributed by atoms with E-state index >= 15 is 0 Å². The van der Waals surface area contributed by atoms with Crippen molar-refractivity contribution in [1.82, 2.24) is 0 Å². The van der Waals surface area contributed by atoms with E-state index in [1.54, 1.807) is 0 Å². The lowest BCUT2D eigenvalue weighted by molar-refractivity contribution is -0.118. The maximum atomic E-state index is 13.3. The lowest BCUT2D eigenvalue weighted by Gasteiger charge is -2.22. The third kappa shape index (κ3) is 5.09. The van der Waals surface area contributed by atoms with Gasteiger partial charge in [-0.25, -0.2) is 0 Å². The summed E-state index contributed by atoms with van der Waals surface area (Å²) in [7, 11) is 0. The number of carbonyl (C=O) groups excluding carboxylic acids is 1. The van der Waals surface area contributed by atoms with Crippen LogP contribution >= 0.6 is 11.3 Å². The van der Waals surface area contributed by atoms with Crippen LogP contribution in [0.2, 0.25) is 0 Å². The summed E-state index contributed by atoms with van der Waals surface area (Å²) < 4.78 is 6.18. The van der Waals surface area contributed by atoms with Gasteiger partial charge < -0.3 is 4.74 Å². The molecule has 0 N–H and O–H groups in total. The molecule has 3 aliphatic carbocycles. The highest BCUT2D eigenvalue weighted by Crippen LogP contribution is 2.46. The Morgan fingerprint density at radius 1 is 0.889 bits per heavy atom. The van der Waals surface area contributed by atoms with Crippen LogP contribution in [0.15, 0.2) is 72.6 Å². The summed E-state index contributed by atoms with van der Waals surface area (Å²) in [4.78, 5) is 14.6. The van der Waals surface area contributed by atoms with E-state index < -0.39 is 0 Å². The number of hydrogen-bond acceptors (Lipinski definition) is 3. The molecule has 4 atom stereocenters. The first kappa shape index (κ1) is 23.7. The molecule has 2 nitrogen and oxygen atoms in total. The Hall–Kier alpha value is -2.65. The molecule has 3 saturated carbocycles. The van der Waals surface area contributed by atoms with E-state index in [2.05, 4.69) is 66.6 Å². The average Bonchev–Trinajstić information content (AvgIpc) is 3.48. The van der Waals surface area contributed by atoms with Crippen LogP contribution in [0.1, 0.15) is 74.1 Å². The van der Waals surface area contributed by atoms with Crippen LogP contribution in [0.25, 0.3) is 16.7 Å². The van der Waals surface area contributed by atoms with Gasteiger partial charge in [-0.15, -0.1) is 11.3 Å². The van der Waals surface area contributed by atoms with Gasteiger partial charge in [0.1, 0.15) is 11.5 Å². The number of hydrogen-bond donors (Lipinski definition) is 0. The number of Topliss-reactive ketones (excluding diaryl/α,β-unsaturated/α-hetero) is 1.